The minimum absolute atomic E-state index is 0.112. The van der Waals surface area contributed by atoms with Crippen LogP contribution in [0.4, 0.5) is 0 Å². The monoisotopic (exact) mass is 277 g/mol. The number of nitrogens with two attached hydrogens (primary N) is 1. The fourth-order valence-corrected chi connectivity index (χ4v) is 3.08. The van der Waals surface area contributed by atoms with Gasteiger partial charge in [0.2, 0.25) is 0 Å². The summed E-state index contributed by atoms with van der Waals surface area (Å²) in [6.45, 7) is 5.97. The van der Waals surface area contributed by atoms with Crippen LogP contribution in [0.3, 0.4) is 0 Å². The molecular formula is C16H27N3O. The number of aliphatic hydroxyl groups is 1. The third-order valence-corrected chi connectivity index (χ3v) is 4.42. The Balaban J connectivity index is 2.19. The number of hydrogen-bond donors (Lipinski definition) is 2. The predicted molar refractivity (Wildman–Crippen MR) is 81.3 cm³/mol. The molecule has 1 fully saturated rings. The Morgan fingerprint density at radius 2 is 2.05 bits per heavy atom. The highest BCUT2D eigenvalue weighted by molar-refractivity contribution is 5.17. The number of pyridine rings is 1. The van der Waals surface area contributed by atoms with Crippen LogP contribution in [0.15, 0.2) is 24.5 Å². The smallest absolute Gasteiger partial charge is 0.0632 e. The van der Waals surface area contributed by atoms with E-state index in [1.165, 1.54) is 5.56 Å². The van der Waals surface area contributed by atoms with Gasteiger partial charge >= 0.3 is 0 Å². The van der Waals surface area contributed by atoms with Gasteiger partial charge in [0.05, 0.1) is 5.60 Å². The second kappa shape index (κ2) is 6.66. The van der Waals surface area contributed by atoms with Gasteiger partial charge in [0.25, 0.3) is 0 Å². The maximum Gasteiger partial charge on any atom is 0.0632 e. The van der Waals surface area contributed by atoms with Crippen LogP contribution in [0.25, 0.3) is 0 Å². The largest absolute Gasteiger partial charge is 0.390 e. The van der Waals surface area contributed by atoms with Crippen molar-refractivity contribution in [1.82, 2.24) is 9.88 Å². The Morgan fingerprint density at radius 3 is 2.70 bits per heavy atom. The van der Waals surface area contributed by atoms with Gasteiger partial charge in [-0.3, -0.25) is 9.88 Å². The van der Waals surface area contributed by atoms with Crippen LogP contribution < -0.4 is 5.73 Å². The Kier molecular flexibility index (Phi) is 5.13. The molecule has 1 aromatic heterocycles. The molecule has 0 radical (unpaired) electrons. The van der Waals surface area contributed by atoms with Crippen molar-refractivity contribution in [2.24, 2.45) is 5.73 Å². The molecule has 1 aliphatic rings. The fraction of sp³-hybridized carbons (Fsp3) is 0.688. The standard InChI is InChI=1S/C16H27N3O/c1-3-14(17)15(13-5-9-18-10-6-13)19-11-4-7-16(2,20)8-12-19/h5-6,9-10,14-15,20H,3-4,7-8,11-12,17H2,1-2H3. The SMILES string of the molecule is CCC(N)C(c1ccncc1)N1CCCC(C)(O)CC1. The van der Waals surface area contributed by atoms with E-state index in [0.717, 1.165) is 38.8 Å². The first kappa shape index (κ1) is 15.4. The average molecular weight is 277 g/mol. The first-order valence-electron chi connectivity index (χ1n) is 7.65. The van der Waals surface area contributed by atoms with Crippen LogP contribution in [-0.2, 0) is 0 Å². The summed E-state index contributed by atoms with van der Waals surface area (Å²) < 4.78 is 0. The molecule has 1 aromatic rings. The van der Waals surface area contributed by atoms with Gasteiger partial charge in [-0.05, 0) is 56.8 Å². The molecule has 2 heterocycles. The van der Waals surface area contributed by atoms with Gasteiger partial charge in [0.1, 0.15) is 0 Å². The van der Waals surface area contributed by atoms with Crippen molar-refractivity contribution >= 4 is 0 Å². The number of rotatable bonds is 4. The summed E-state index contributed by atoms with van der Waals surface area (Å²) in [5.41, 5.74) is 7.07. The first-order valence-corrected chi connectivity index (χ1v) is 7.65. The molecule has 112 valence electrons. The molecule has 20 heavy (non-hydrogen) atoms. The van der Waals surface area contributed by atoms with E-state index >= 15 is 0 Å². The van der Waals surface area contributed by atoms with Gasteiger partial charge in [-0.1, -0.05) is 6.92 Å². The van der Waals surface area contributed by atoms with E-state index in [9.17, 15) is 5.11 Å². The first-order chi connectivity index (χ1) is 9.53. The van der Waals surface area contributed by atoms with Crippen LogP contribution in [0.1, 0.15) is 51.1 Å². The lowest BCUT2D eigenvalue weighted by Crippen LogP contribution is -2.41. The molecule has 3 atom stereocenters. The van der Waals surface area contributed by atoms with E-state index in [1.54, 1.807) is 0 Å². The predicted octanol–water partition coefficient (Wildman–Crippen LogP) is 2.10. The molecule has 1 aliphatic heterocycles. The molecule has 0 saturated carbocycles. The second-order valence-corrected chi connectivity index (χ2v) is 6.18. The summed E-state index contributed by atoms with van der Waals surface area (Å²) in [7, 11) is 0. The topological polar surface area (TPSA) is 62.4 Å². The average Bonchev–Trinajstić information content (AvgIpc) is 2.62. The zero-order valence-electron chi connectivity index (χ0n) is 12.6. The quantitative estimate of drug-likeness (QED) is 0.884. The van der Waals surface area contributed by atoms with Crippen LogP contribution in [0.5, 0.6) is 0 Å². The van der Waals surface area contributed by atoms with Gasteiger partial charge in [-0.2, -0.15) is 0 Å². The lowest BCUT2D eigenvalue weighted by molar-refractivity contribution is 0.0422. The van der Waals surface area contributed by atoms with Crippen molar-refractivity contribution < 1.29 is 5.11 Å². The second-order valence-electron chi connectivity index (χ2n) is 6.18. The van der Waals surface area contributed by atoms with E-state index in [-0.39, 0.29) is 12.1 Å². The summed E-state index contributed by atoms with van der Waals surface area (Å²) >= 11 is 0. The van der Waals surface area contributed by atoms with Gasteiger partial charge in [-0.25, -0.2) is 0 Å². The molecule has 0 aliphatic carbocycles. The number of likely N-dealkylation sites (tertiary alicyclic amines) is 1. The zero-order valence-corrected chi connectivity index (χ0v) is 12.6. The highest BCUT2D eigenvalue weighted by Gasteiger charge is 2.31. The van der Waals surface area contributed by atoms with Crippen LogP contribution >= 0.6 is 0 Å². The van der Waals surface area contributed by atoms with Gasteiger partial charge in [0, 0.05) is 31.0 Å². The van der Waals surface area contributed by atoms with E-state index in [4.69, 9.17) is 5.73 Å². The Labute approximate surface area is 122 Å². The highest BCUT2D eigenvalue weighted by Crippen LogP contribution is 2.30. The summed E-state index contributed by atoms with van der Waals surface area (Å²) in [6.07, 6.45) is 7.31. The molecule has 2 rings (SSSR count). The van der Waals surface area contributed by atoms with E-state index in [2.05, 4.69) is 28.9 Å². The fourth-order valence-electron chi connectivity index (χ4n) is 3.08. The van der Waals surface area contributed by atoms with Crippen molar-refractivity contribution in [3.8, 4) is 0 Å². The molecular weight excluding hydrogens is 250 g/mol. The van der Waals surface area contributed by atoms with E-state index in [0.29, 0.717) is 0 Å². The van der Waals surface area contributed by atoms with Crippen LogP contribution in [-0.4, -0.2) is 39.7 Å². The van der Waals surface area contributed by atoms with E-state index < -0.39 is 5.60 Å². The molecule has 4 nitrogen and oxygen atoms in total. The van der Waals surface area contributed by atoms with Crippen molar-refractivity contribution in [2.75, 3.05) is 13.1 Å². The van der Waals surface area contributed by atoms with Crippen molar-refractivity contribution in [2.45, 2.75) is 57.2 Å². The molecule has 0 aromatic carbocycles. The highest BCUT2D eigenvalue weighted by atomic mass is 16.3. The van der Waals surface area contributed by atoms with Crippen LogP contribution in [0.2, 0.25) is 0 Å². The minimum Gasteiger partial charge on any atom is -0.390 e. The lowest BCUT2D eigenvalue weighted by Gasteiger charge is -2.35. The molecule has 0 bridgehead atoms. The Bertz CT molecular complexity index is 407. The molecule has 1 saturated heterocycles. The Hall–Kier alpha value is -0.970. The van der Waals surface area contributed by atoms with Crippen molar-refractivity contribution in [3.05, 3.63) is 30.1 Å². The molecule has 4 heteroatoms. The zero-order chi connectivity index (χ0) is 14.6. The molecule has 0 spiro atoms. The minimum atomic E-state index is -0.534. The summed E-state index contributed by atoms with van der Waals surface area (Å²) in [5, 5.41) is 10.3. The summed E-state index contributed by atoms with van der Waals surface area (Å²) in [4.78, 5) is 6.54. The van der Waals surface area contributed by atoms with Crippen molar-refractivity contribution in [1.29, 1.82) is 0 Å². The molecule has 3 unspecified atom stereocenters. The van der Waals surface area contributed by atoms with Gasteiger partial charge in [-0.15, -0.1) is 0 Å². The van der Waals surface area contributed by atoms with Gasteiger partial charge < -0.3 is 10.8 Å². The lowest BCUT2D eigenvalue weighted by atomic mass is 9.96. The van der Waals surface area contributed by atoms with E-state index in [1.807, 2.05) is 19.3 Å². The maximum atomic E-state index is 10.3. The third kappa shape index (κ3) is 3.78. The molecule has 0 amide bonds. The maximum absolute atomic E-state index is 10.3. The number of hydrogen-bond acceptors (Lipinski definition) is 4. The normalized spacial score (nSPS) is 27.8. The summed E-state index contributed by atoms with van der Waals surface area (Å²) in [5.74, 6) is 0. The van der Waals surface area contributed by atoms with Crippen LogP contribution in [0, 0.1) is 0 Å². The number of nitrogens with zero attached hydrogens (tertiary/aromatic N) is 2. The Morgan fingerprint density at radius 1 is 1.35 bits per heavy atom. The summed E-state index contributed by atoms with van der Waals surface area (Å²) in [6, 6.07) is 4.45. The van der Waals surface area contributed by atoms with Crippen molar-refractivity contribution in [3.63, 3.8) is 0 Å². The third-order valence-electron chi connectivity index (χ3n) is 4.42. The van der Waals surface area contributed by atoms with Gasteiger partial charge in [0.15, 0.2) is 0 Å². The number of aromatic nitrogens is 1. The molecule has 3 N–H and O–H groups in total.